The molecule has 0 bridgehead atoms. The molecule has 3 rings (SSSR count). The molecule has 30 heavy (non-hydrogen) atoms. The van der Waals surface area contributed by atoms with Crippen LogP contribution in [0.5, 0.6) is 0 Å². The van der Waals surface area contributed by atoms with E-state index in [2.05, 4.69) is 30.6 Å². The fraction of sp³-hybridized carbons (Fsp3) is 0.190. The first-order valence-corrected chi connectivity index (χ1v) is 10.2. The van der Waals surface area contributed by atoms with Crippen molar-refractivity contribution < 1.29 is 9.53 Å². The minimum Gasteiger partial charge on any atom is -0.383 e. The molecule has 0 atom stereocenters. The number of carbonyl (C=O) groups is 1. The predicted octanol–water partition coefficient (Wildman–Crippen LogP) is 3.57. The lowest BCUT2D eigenvalue weighted by molar-refractivity contribution is 0.0937. The SMILES string of the molecule is CNSc1cccc(Nc2cc(Nc3ccc(C(=O)NCCOC)cc3)ncn2)c1. The molecule has 0 aliphatic heterocycles. The molecule has 0 aliphatic carbocycles. The number of nitrogens with one attached hydrogen (secondary N) is 4. The summed E-state index contributed by atoms with van der Waals surface area (Å²) in [4.78, 5) is 21.7. The second-order valence-electron chi connectivity index (χ2n) is 6.20. The van der Waals surface area contributed by atoms with Crippen molar-refractivity contribution in [2.75, 3.05) is 37.9 Å². The van der Waals surface area contributed by atoms with Crippen LogP contribution in [-0.2, 0) is 4.74 Å². The van der Waals surface area contributed by atoms with Crippen molar-refractivity contribution in [3.8, 4) is 0 Å². The van der Waals surface area contributed by atoms with Crippen molar-refractivity contribution in [2.45, 2.75) is 4.90 Å². The third-order valence-electron chi connectivity index (χ3n) is 4.00. The maximum absolute atomic E-state index is 12.1. The lowest BCUT2D eigenvalue weighted by Crippen LogP contribution is -2.26. The van der Waals surface area contributed by atoms with Crippen molar-refractivity contribution in [1.29, 1.82) is 0 Å². The standard InChI is InChI=1S/C21H24N6O2S/c1-22-30-18-5-3-4-17(12-18)27-20-13-19(24-14-25-20)26-16-8-6-15(7-9-16)21(28)23-10-11-29-2/h3-9,12-14,22H,10-11H2,1-2H3,(H,23,28)(H2,24,25,26,27). The minimum atomic E-state index is -0.134. The number of benzene rings is 2. The van der Waals surface area contributed by atoms with Gasteiger partial charge in [-0.15, -0.1) is 0 Å². The van der Waals surface area contributed by atoms with Crippen LogP contribution in [0.15, 0.2) is 65.8 Å². The predicted molar refractivity (Wildman–Crippen MR) is 121 cm³/mol. The molecule has 1 aromatic heterocycles. The van der Waals surface area contributed by atoms with E-state index in [1.54, 1.807) is 31.2 Å². The van der Waals surface area contributed by atoms with Gasteiger partial charge < -0.3 is 20.7 Å². The van der Waals surface area contributed by atoms with E-state index in [0.717, 1.165) is 16.3 Å². The van der Waals surface area contributed by atoms with Gasteiger partial charge in [0.05, 0.1) is 6.61 Å². The van der Waals surface area contributed by atoms with Gasteiger partial charge in [0.2, 0.25) is 0 Å². The number of hydrogen-bond acceptors (Lipinski definition) is 8. The highest BCUT2D eigenvalue weighted by atomic mass is 32.2. The van der Waals surface area contributed by atoms with Gasteiger partial charge in [0.25, 0.3) is 5.91 Å². The fourth-order valence-corrected chi connectivity index (χ4v) is 3.19. The number of nitrogens with zero attached hydrogens (tertiary/aromatic N) is 2. The Hall–Kier alpha value is -3.14. The van der Waals surface area contributed by atoms with E-state index in [-0.39, 0.29) is 5.91 Å². The molecule has 0 spiro atoms. The second kappa shape index (κ2) is 11.1. The highest BCUT2D eigenvalue weighted by molar-refractivity contribution is 7.97. The first-order valence-electron chi connectivity index (χ1n) is 9.35. The van der Waals surface area contributed by atoms with E-state index in [1.165, 1.54) is 6.33 Å². The molecule has 8 nitrogen and oxygen atoms in total. The van der Waals surface area contributed by atoms with Gasteiger partial charge in [-0.3, -0.25) is 9.52 Å². The molecule has 0 radical (unpaired) electrons. The Bertz CT molecular complexity index is 968. The van der Waals surface area contributed by atoms with E-state index in [4.69, 9.17) is 4.74 Å². The summed E-state index contributed by atoms with van der Waals surface area (Å²) in [6.45, 7) is 0.955. The molecule has 2 aromatic carbocycles. The topological polar surface area (TPSA) is 100 Å². The molecule has 3 aromatic rings. The first kappa shape index (κ1) is 21.6. The van der Waals surface area contributed by atoms with Crippen LogP contribution in [0.4, 0.5) is 23.0 Å². The smallest absolute Gasteiger partial charge is 0.251 e. The van der Waals surface area contributed by atoms with Crippen LogP contribution >= 0.6 is 11.9 Å². The van der Waals surface area contributed by atoms with Gasteiger partial charge in [0.1, 0.15) is 18.0 Å². The van der Waals surface area contributed by atoms with E-state index < -0.39 is 0 Å². The molecule has 0 saturated carbocycles. The molecule has 1 amide bonds. The first-order chi connectivity index (χ1) is 14.7. The number of aromatic nitrogens is 2. The number of carbonyl (C=O) groups excluding carboxylic acids is 1. The maximum atomic E-state index is 12.1. The number of amides is 1. The Morgan fingerprint density at radius 3 is 2.43 bits per heavy atom. The van der Waals surface area contributed by atoms with E-state index in [0.29, 0.717) is 30.4 Å². The van der Waals surface area contributed by atoms with Crippen molar-refractivity contribution in [1.82, 2.24) is 20.0 Å². The lowest BCUT2D eigenvalue weighted by atomic mass is 10.2. The summed E-state index contributed by atoms with van der Waals surface area (Å²) in [7, 11) is 3.48. The van der Waals surface area contributed by atoms with Crippen LogP contribution < -0.4 is 20.7 Å². The normalized spacial score (nSPS) is 10.5. The van der Waals surface area contributed by atoms with Gasteiger partial charge in [-0.1, -0.05) is 6.07 Å². The summed E-state index contributed by atoms with van der Waals surface area (Å²) in [6, 6.07) is 17.0. The van der Waals surface area contributed by atoms with Gasteiger partial charge in [0, 0.05) is 41.6 Å². The largest absolute Gasteiger partial charge is 0.383 e. The van der Waals surface area contributed by atoms with Crippen LogP contribution in [0, 0.1) is 0 Å². The van der Waals surface area contributed by atoms with Gasteiger partial charge >= 0.3 is 0 Å². The zero-order chi connectivity index (χ0) is 21.2. The Labute approximate surface area is 180 Å². The monoisotopic (exact) mass is 424 g/mol. The maximum Gasteiger partial charge on any atom is 0.251 e. The van der Waals surface area contributed by atoms with Gasteiger partial charge in [0.15, 0.2) is 0 Å². The Kier molecular flexibility index (Phi) is 8.02. The molecule has 0 saturated heterocycles. The summed E-state index contributed by atoms with van der Waals surface area (Å²) >= 11 is 1.54. The molecule has 1 heterocycles. The highest BCUT2D eigenvalue weighted by Crippen LogP contribution is 2.23. The molecule has 0 unspecified atom stereocenters. The van der Waals surface area contributed by atoms with Crippen LogP contribution in [-0.4, -0.2) is 43.2 Å². The summed E-state index contributed by atoms with van der Waals surface area (Å²) in [5, 5.41) is 9.30. The third-order valence-corrected chi connectivity index (χ3v) is 4.70. The van der Waals surface area contributed by atoms with Gasteiger partial charge in [-0.2, -0.15) is 0 Å². The summed E-state index contributed by atoms with van der Waals surface area (Å²) in [5.74, 6) is 1.18. The molecular weight excluding hydrogens is 400 g/mol. The number of rotatable bonds is 10. The summed E-state index contributed by atoms with van der Waals surface area (Å²) < 4.78 is 7.99. The highest BCUT2D eigenvalue weighted by Gasteiger charge is 2.06. The number of anilines is 4. The van der Waals surface area contributed by atoms with E-state index in [9.17, 15) is 4.79 Å². The quantitative estimate of drug-likeness (QED) is 0.290. The summed E-state index contributed by atoms with van der Waals surface area (Å²) in [6.07, 6.45) is 1.49. The Morgan fingerprint density at radius 2 is 1.73 bits per heavy atom. The van der Waals surface area contributed by atoms with E-state index >= 15 is 0 Å². The second-order valence-corrected chi connectivity index (χ2v) is 7.28. The zero-order valence-corrected chi connectivity index (χ0v) is 17.6. The Morgan fingerprint density at radius 1 is 1.00 bits per heavy atom. The number of methoxy groups -OCH3 is 1. The number of hydrogen-bond donors (Lipinski definition) is 4. The average molecular weight is 425 g/mol. The average Bonchev–Trinajstić information content (AvgIpc) is 2.75. The number of ether oxygens (including phenoxy) is 1. The van der Waals surface area contributed by atoms with Crippen LogP contribution in [0.1, 0.15) is 10.4 Å². The van der Waals surface area contributed by atoms with Crippen molar-refractivity contribution in [2.24, 2.45) is 0 Å². The molecule has 4 N–H and O–H groups in total. The molecular formula is C21H24N6O2S. The molecule has 156 valence electrons. The van der Waals surface area contributed by atoms with Crippen LogP contribution in [0.25, 0.3) is 0 Å². The molecule has 9 heteroatoms. The zero-order valence-electron chi connectivity index (χ0n) is 16.8. The van der Waals surface area contributed by atoms with Crippen molar-refractivity contribution in [3.05, 3.63) is 66.5 Å². The van der Waals surface area contributed by atoms with Crippen LogP contribution in [0.3, 0.4) is 0 Å². The lowest BCUT2D eigenvalue weighted by Gasteiger charge is -2.10. The van der Waals surface area contributed by atoms with Crippen LogP contribution in [0.2, 0.25) is 0 Å². The fourth-order valence-electron chi connectivity index (χ4n) is 2.62. The third kappa shape index (κ3) is 6.45. The van der Waals surface area contributed by atoms with Crippen molar-refractivity contribution in [3.63, 3.8) is 0 Å². The minimum absolute atomic E-state index is 0.134. The summed E-state index contributed by atoms with van der Waals surface area (Å²) in [5.41, 5.74) is 2.34. The van der Waals surface area contributed by atoms with Gasteiger partial charge in [-0.25, -0.2) is 9.97 Å². The van der Waals surface area contributed by atoms with Gasteiger partial charge in [-0.05, 0) is 61.5 Å². The molecule has 0 aliphatic rings. The van der Waals surface area contributed by atoms with Crippen molar-refractivity contribution >= 4 is 40.9 Å². The molecule has 0 fully saturated rings. The Balaban J connectivity index is 1.62. The van der Waals surface area contributed by atoms with E-state index in [1.807, 2.05) is 49.5 Å².